The summed E-state index contributed by atoms with van der Waals surface area (Å²) in [6.45, 7) is 5.43. The van der Waals surface area contributed by atoms with Crippen molar-refractivity contribution in [1.82, 2.24) is 19.9 Å². The van der Waals surface area contributed by atoms with E-state index in [1.807, 2.05) is 11.0 Å². The van der Waals surface area contributed by atoms with Crippen molar-refractivity contribution in [1.29, 1.82) is 0 Å². The molecule has 1 unspecified atom stereocenters. The number of piperidine rings is 1. The molecule has 0 aliphatic carbocycles. The van der Waals surface area contributed by atoms with Gasteiger partial charge in [0.1, 0.15) is 5.82 Å². The lowest BCUT2D eigenvalue weighted by atomic mass is 10.0. The molecule has 2 aromatic heterocycles. The van der Waals surface area contributed by atoms with Crippen molar-refractivity contribution < 1.29 is 4.79 Å². The minimum atomic E-state index is 0.0289. The van der Waals surface area contributed by atoms with Crippen LogP contribution in [0.1, 0.15) is 41.4 Å². The fraction of sp³-hybridized carbons (Fsp3) is 0.474. The molecule has 4 heterocycles. The minimum Gasteiger partial charge on any atom is -0.368 e. The Morgan fingerprint density at radius 2 is 2.19 bits per heavy atom. The van der Waals surface area contributed by atoms with Crippen LogP contribution in [0.25, 0.3) is 0 Å². The summed E-state index contributed by atoms with van der Waals surface area (Å²) in [5.41, 5.74) is 8.25. The van der Waals surface area contributed by atoms with Gasteiger partial charge in [-0.2, -0.15) is 0 Å². The van der Waals surface area contributed by atoms with Crippen LogP contribution in [-0.4, -0.2) is 45.4 Å². The standard InChI is InChI=1S/C19H24N6O/c1-13-3-2-7-24(11-13)17-9-14(4-6-21-17)18(26)25-8-5-16-15(12-25)10-22-19(20)23-16/h4,6,9-10,13H,2-3,5,7-8,11-12H2,1H3,(H2,20,22,23). The summed E-state index contributed by atoms with van der Waals surface area (Å²) in [5, 5.41) is 0. The largest absolute Gasteiger partial charge is 0.368 e. The average Bonchev–Trinajstić information content (AvgIpc) is 2.67. The van der Waals surface area contributed by atoms with E-state index in [0.29, 0.717) is 31.0 Å². The molecule has 2 aromatic rings. The molecule has 2 aliphatic rings. The number of carbonyl (C=O) groups excluding carboxylic acids is 1. The Morgan fingerprint density at radius 3 is 3.04 bits per heavy atom. The van der Waals surface area contributed by atoms with E-state index in [1.54, 1.807) is 18.5 Å². The van der Waals surface area contributed by atoms with Crippen LogP contribution in [0.2, 0.25) is 0 Å². The highest BCUT2D eigenvalue weighted by Gasteiger charge is 2.24. The molecule has 26 heavy (non-hydrogen) atoms. The van der Waals surface area contributed by atoms with E-state index in [9.17, 15) is 4.79 Å². The number of amides is 1. The first-order valence-electron chi connectivity index (χ1n) is 9.20. The van der Waals surface area contributed by atoms with Gasteiger partial charge >= 0.3 is 0 Å². The van der Waals surface area contributed by atoms with Crippen LogP contribution in [0.15, 0.2) is 24.5 Å². The summed E-state index contributed by atoms with van der Waals surface area (Å²) < 4.78 is 0. The molecule has 0 radical (unpaired) electrons. The molecule has 1 fully saturated rings. The quantitative estimate of drug-likeness (QED) is 0.888. The zero-order valence-corrected chi connectivity index (χ0v) is 15.1. The van der Waals surface area contributed by atoms with Gasteiger partial charge in [-0.25, -0.2) is 15.0 Å². The number of pyridine rings is 1. The van der Waals surface area contributed by atoms with Crippen molar-refractivity contribution in [2.24, 2.45) is 5.92 Å². The van der Waals surface area contributed by atoms with Crippen LogP contribution >= 0.6 is 0 Å². The van der Waals surface area contributed by atoms with E-state index >= 15 is 0 Å². The third-order valence-electron chi connectivity index (χ3n) is 5.21. The van der Waals surface area contributed by atoms with Gasteiger partial charge in [-0.3, -0.25) is 4.79 Å². The second kappa shape index (κ2) is 6.90. The van der Waals surface area contributed by atoms with Crippen molar-refractivity contribution in [2.75, 3.05) is 30.3 Å². The Morgan fingerprint density at radius 1 is 1.31 bits per heavy atom. The third-order valence-corrected chi connectivity index (χ3v) is 5.21. The number of hydrogen-bond donors (Lipinski definition) is 1. The number of nitrogens with zero attached hydrogens (tertiary/aromatic N) is 5. The first kappa shape index (κ1) is 16.8. The Kier molecular flexibility index (Phi) is 4.44. The number of nitrogens with two attached hydrogens (primary N) is 1. The monoisotopic (exact) mass is 352 g/mol. The Balaban J connectivity index is 1.52. The number of aromatic nitrogens is 3. The number of fused-ring (bicyclic) bond motifs is 1. The number of nitrogen functional groups attached to an aromatic ring is 1. The van der Waals surface area contributed by atoms with Gasteiger partial charge < -0.3 is 15.5 Å². The van der Waals surface area contributed by atoms with Crippen LogP contribution < -0.4 is 10.6 Å². The summed E-state index contributed by atoms with van der Waals surface area (Å²) in [6, 6.07) is 3.73. The Labute approximate surface area is 153 Å². The first-order chi connectivity index (χ1) is 12.6. The van der Waals surface area contributed by atoms with Crippen LogP contribution in [-0.2, 0) is 13.0 Å². The van der Waals surface area contributed by atoms with Crippen molar-refractivity contribution in [3.8, 4) is 0 Å². The SMILES string of the molecule is CC1CCCN(c2cc(C(=O)N3CCc4nc(N)ncc4C3)ccn2)C1. The molecule has 2 aliphatic heterocycles. The van der Waals surface area contributed by atoms with Gasteiger partial charge in [-0.1, -0.05) is 6.92 Å². The summed E-state index contributed by atoms with van der Waals surface area (Å²) in [5.74, 6) is 1.88. The van der Waals surface area contributed by atoms with Gasteiger partial charge in [-0.15, -0.1) is 0 Å². The lowest BCUT2D eigenvalue weighted by Crippen LogP contribution is -2.37. The molecule has 0 saturated carbocycles. The van der Waals surface area contributed by atoms with Crippen LogP contribution in [0, 0.1) is 5.92 Å². The molecule has 1 atom stereocenters. The van der Waals surface area contributed by atoms with Crippen LogP contribution in [0.5, 0.6) is 0 Å². The summed E-state index contributed by atoms with van der Waals surface area (Å²) >= 11 is 0. The van der Waals surface area contributed by atoms with Crippen molar-refractivity contribution in [3.63, 3.8) is 0 Å². The maximum atomic E-state index is 13.0. The molecule has 7 nitrogen and oxygen atoms in total. The molecule has 0 bridgehead atoms. The van der Waals surface area contributed by atoms with Gasteiger partial charge in [0, 0.05) is 56.1 Å². The highest BCUT2D eigenvalue weighted by atomic mass is 16.2. The summed E-state index contributed by atoms with van der Waals surface area (Å²) in [7, 11) is 0. The smallest absolute Gasteiger partial charge is 0.254 e. The van der Waals surface area contributed by atoms with Gasteiger partial charge in [-0.05, 0) is 30.9 Å². The molecule has 0 aromatic carbocycles. The lowest BCUT2D eigenvalue weighted by Gasteiger charge is -2.32. The van der Waals surface area contributed by atoms with Crippen LogP contribution in [0.4, 0.5) is 11.8 Å². The molecular weight excluding hydrogens is 328 g/mol. The second-order valence-corrected chi connectivity index (χ2v) is 7.27. The normalized spacial score (nSPS) is 20.0. The number of anilines is 2. The van der Waals surface area contributed by atoms with E-state index in [0.717, 1.165) is 30.2 Å². The summed E-state index contributed by atoms with van der Waals surface area (Å²) in [4.78, 5) is 29.9. The highest BCUT2D eigenvalue weighted by molar-refractivity contribution is 5.95. The zero-order valence-electron chi connectivity index (χ0n) is 15.1. The lowest BCUT2D eigenvalue weighted by molar-refractivity contribution is 0.0733. The fourth-order valence-corrected chi connectivity index (χ4v) is 3.81. The van der Waals surface area contributed by atoms with Gasteiger partial charge in [0.25, 0.3) is 5.91 Å². The molecule has 1 saturated heterocycles. The molecule has 4 rings (SSSR count). The predicted octanol–water partition coefficient (Wildman–Crippen LogP) is 1.89. The minimum absolute atomic E-state index is 0.0289. The molecule has 136 valence electrons. The van der Waals surface area contributed by atoms with Gasteiger partial charge in [0.2, 0.25) is 5.95 Å². The van der Waals surface area contributed by atoms with Crippen molar-refractivity contribution >= 4 is 17.7 Å². The number of hydrogen-bond acceptors (Lipinski definition) is 6. The maximum Gasteiger partial charge on any atom is 0.254 e. The molecule has 0 spiro atoms. The van der Waals surface area contributed by atoms with Crippen molar-refractivity contribution in [2.45, 2.75) is 32.7 Å². The fourth-order valence-electron chi connectivity index (χ4n) is 3.81. The molecule has 1 amide bonds. The first-order valence-corrected chi connectivity index (χ1v) is 9.20. The predicted molar refractivity (Wildman–Crippen MR) is 99.7 cm³/mol. The highest BCUT2D eigenvalue weighted by Crippen LogP contribution is 2.23. The number of rotatable bonds is 2. The average molecular weight is 352 g/mol. The van der Waals surface area contributed by atoms with Gasteiger partial charge in [0.05, 0.1) is 5.69 Å². The van der Waals surface area contributed by atoms with E-state index in [4.69, 9.17) is 5.73 Å². The van der Waals surface area contributed by atoms with E-state index in [1.165, 1.54) is 12.8 Å². The van der Waals surface area contributed by atoms with E-state index < -0.39 is 0 Å². The number of carbonyl (C=O) groups is 1. The second-order valence-electron chi connectivity index (χ2n) is 7.27. The third kappa shape index (κ3) is 3.34. The molecule has 7 heteroatoms. The van der Waals surface area contributed by atoms with Crippen LogP contribution in [0.3, 0.4) is 0 Å². The zero-order chi connectivity index (χ0) is 18.1. The molecule has 2 N–H and O–H groups in total. The maximum absolute atomic E-state index is 13.0. The Hall–Kier alpha value is -2.70. The van der Waals surface area contributed by atoms with Crippen molar-refractivity contribution in [3.05, 3.63) is 41.3 Å². The Bertz CT molecular complexity index is 823. The van der Waals surface area contributed by atoms with E-state index in [2.05, 4.69) is 26.8 Å². The van der Waals surface area contributed by atoms with Gasteiger partial charge in [0.15, 0.2) is 0 Å². The van der Waals surface area contributed by atoms with E-state index in [-0.39, 0.29) is 11.9 Å². The topological polar surface area (TPSA) is 88.2 Å². The molecular formula is C19H24N6O. The summed E-state index contributed by atoms with van der Waals surface area (Å²) in [6.07, 6.45) is 6.60.